The van der Waals surface area contributed by atoms with E-state index in [1.807, 2.05) is 36.4 Å². The minimum atomic E-state index is -0.0724. The quantitative estimate of drug-likeness (QED) is 0.671. The molecule has 1 aromatic carbocycles. The predicted octanol–water partition coefficient (Wildman–Crippen LogP) is 3.69. The first-order chi connectivity index (χ1) is 12.3. The number of para-hydroxylation sites is 1. The zero-order valence-corrected chi connectivity index (χ0v) is 14.9. The Labute approximate surface area is 149 Å². The number of ether oxygens (including phenoxy) is 1. The van der Waals surface area contributed by atoms with E-state index in [0.717, 1.165) is 37.3 Å². The molecular formula is C20H27N3O2. The summed E-state index contributed by atoms with van der Waals surface area (Å²) in [4.78, 5) is 12.6. The molecule has 0 atom stereocenters. The lowest BCUT2D eigenvalue weighted by Crippen LogP contribution is -2.27. The van der Waals surface area contributed by atoms with Crippen molar-refractivity contribution in [3.05, 3.63) is 47.8 Å². The van der Waals surface area contributed by atoms with Gasteiger partial charge in [-0.2, -0.15) is 5.10 Å². The van der Waals surface area contributed by atoms with Crippen LogP contribution < -0.4 is 5.32 Å². The van der Waals surface area contributed by atoms with Gasteiger partial charge in [0, 0.05) is 25.7 Å². The molecule has 0 aliphatic heterocycles. The Bertz CT molecular complexity index is 678. The van der Waals surface area contributed by atoms with Crippen molar-refractivity contribution in [1.82, 2.24) is 15.1 Å². The van der Waals surface area contributed by atoms with Crippen LogP contribution in [0.5, 0.6) is 0 Å². The minimum Gasteiger partial charge on any atom is -0.381 e. The summed E-state index contributed by atoms with van der Waals surface area (Å²) in [6.07, 6.45) is 5.39. The van der Waals surface area contributed by atoms with Gasteiger partial charge in [-0.15, -0.1) is 0 Å². The number of nitrogens with zero attached hydrogens (tertiary/aromatic N) is 2. The van der Waals surface area contributed by atoms with Gasteiger partial charge in [0.25, 0.3) is 5.91 Å². The Morgan fingerprint density at radius 3 is 2.72 bits per heavy atom. The summed E-state index contributed by atoms with van der Waals surface area (Å²) in [5, 5.41) is 7.67. The van der Waals surface area contributed by atoms with Crippen LogP contribution in [0.25, 0.3) is 5.69 Å². The fourth-order valence-electron chi connectivity index (χ4n) is 2.72. The Kier molecular flexibility index (Phi) is 6.23. The van der Waals surface area contributed by atoms with Crippen molar-refractivity contribution in [3.63, 3.8) is 0 Å². The van der Waals surface area contributed by atoms with Crippen molar-refractivity contribution < 1.29 is 9.53 Å². The van der Waals surface area contributed by atoms with Gasteiger partial charge in [-0.3, -0.25) is 4.79 Å². The molecule has 1 N–H and O–H groups in total. The highest BCUT2D eigenvalue weighted by atomic mass is 16.5. The number of nitrogens with one attached hydrogen (secondary N) is 1. The number of rotatable bonds is 10. The third-order valence-corrected chi connectivity index (χ3v) is 4.35. The van der Waals surface area contributed by atoms with Crippen LogP contribution in [0, 0.1) is 0 Å². The molecule has 134 valence electrons. The number of amides is 1. The Morgan fingerprint density at radius 2 is 2.00 bits per heavy atom. The zero-order chi connectivity index (χ0) is 17.5. The first kappa shape index (κ1) is 17.7. The summed E-state index contributed by atoms with van der Waals surface area (Å²) in [5.74, 6) is 0.445. The highest BCUT2D eigenvalue weighted by Gasteiger charge is 2.28. The number of hydrogen-bond donors (Lipinski definition) is 1. The molecule has 0 bridgehead atoms. The van der Waals surface area contributed by atoms with Crippen LogP contribution in [0.2, 0.25) is 0 Å². The van der Waals surface area contributed by atoms with Gasteiger partial charge in [0.2, 0.25) is 0 Å². The number of carbonyl (C=O) groups excluding carboxylic acids is 1. The molecule has 2 aromatic rings. The molecule has 25 heavy (non-hydrogen) atoms. The van der Waals surface area contributed by atoms with Crippen LogP contribution in [-0.4, -0.2) is 35.4 Å². The Morgan fingerprint density at radius 1 is 1.24 bits per heavy atom. The van der Waals surface area contributed by atoms with Gasteiger partial charge in [0.05, 0.1) is 11.4 Å². The van der Waals surface area contributed by atoms with E-state index in [0.29, 0.717) is 24.8 Å². The molecule has 3 rings (SSSR count). The Balaban J connectivity index is 1.59. The van der Waals surface area contributed by atoms with E-state index >= 15 is 0 Å². The molecule has 0 radical (unpaired) electrons. The average Bonchev–Trinajstić information content (AvgIpc) is 3.40. The van der Waals surface area contributed by atoms with Gasteiger partial charge in [-0.25, -0.2) is 4.68 Å². The lowest BCUT2D eigenvalue weighted by Gasteiger charge is -2.08. The number of benzene rings is 1. The molecule has 1 saturated carbocycles. The SMILES string of the molecule is CCCCOCCCNC(=O)c1cc(C2CC2)nn1-c1ccccc1. The van der Waals surface area contributed by atoms with E-state index in [9.17, 15) is 4.79 Å². The van der Waals surface area contributed by atoms with Gasteiger partial charge in [0.15, 0.2) is 0 Å². The van der Waals surface area contributed by atoms with Gasteiger partial charge in [0.1, 0.15) is 5.69 Å². The monoisotopic (exact) mass is 341 g/mol. The highest BCUT2D eigenvalue weighted by molar-refractivity contribution is 5.93. The Hall–Kier alpha value is -2.14. The minimum absolute atomic E-state index is 0.0724. The largest absolute Gasteiger partial charge is 0.381 e. The second kappa shape index (κ2) is 8.81. The molecule has 1 amide bonds. The van der Waals surface area contributed by atoms with Crippen molar-refractivity contribution in [2.24, 2.45) is 0 Å². The van der Waals surface area contributed by atoms with Crippen LogP contribution >= 0.6 is 0 Å². The molecule has 1 aliphatic rings. The first-order valence-corrected chi connectivity index (χ1v) is 9.31. The molecule has 5 heteroatoms. The fraction of sp³-hybridized carbons (Fsp3) is 0.500. The lowest BCUT2D eigenvalue weighted by molar-refractivity contribution is 0.0933. The van der Waals surface area contributed by atoms with Crippen molar-refractivity contribution in [1.29, 1.82) is 0 Å². The number of aromatic nitrogens is 2. The second-order valence-corrected chi connectivity index (χ2v) is 6.55. The van der Waals surface area contributed by atoms with Crippen LogP contribution in [-0.2, 0) is 4.74 Å². The van der Waals surface area contributed by atoms with E-state index < -0.39 is 0 Å². The first-order valence-electron chi connectivity index (χ1n) is 9.31. The topological polar surface area (TPSA) is 56.1 Å². The number of hydrogen-bond acceptors (Lipinski definition) is 3. The average molecular weight is 341 g/mol. The van der Waals surface area contributed by atoms with Gasteiger partial charge in [-0.05, 0) is 43.9 Å². The number of unbranched alkanes of at least 4 members (excludes halogenated alkanes) is 1. The van der Waals surface area contributed by atoms with Crippen LogP contribution in [0.15, 0.2) is 36.4 Å². The van der Waals surface area contributed by atoms with Gasteiger partial charge >= 0.3 is 0 Å². The summed E-state index contributed by atoms with van der Waals surface area (Å²) < 4.78 is 7.29. The molecule has 5 nitrogen and oxygen atoms in total. The van der Waals surface area contributed by atoms with E-state index in [-0.39, 0.29) is 5.91 Å². The van der Waals surface area contributed by atoms with E-state index in [1.54, 1.807) is 4.68 Å². The second-order valence-electron chi connectivity index (χ2n) is 6.55. The summed E-state index contributed by atoms with van der Waals surface area (Å²) in [6.45, 7) is 4.25. The van der Waals surface area contributed by atoms with E-state index in [1.165, 1.54) is 12.8 Å². The maximum absolute atomic E-state index is 12.6. The zero-order valence-electron chi connectivity index (χ0n) is 14.9. The van der Waals surface area contributed by atoms with Crippen LogP contribution in [0.4, 0.5) is 0 Å². The maximum Gasteiger partial charge on any atom is 0.270 e. The fourth-order valence-corrected chi connectivity index (χ4v) is 2.72. The van der Waals surface area contributed by atoms with Crippen molar-refractivity contribution in [3.8, 4) is 5.69 Å². The van der Waals surface area contributed by atoms with Gasteiger partial charge in [-0.1, -0.05) is 31.5 Å². The molecule has 1 heterocycles. The summed E-state index contributed by atoms with van der Waals surface area (Å²) >= 11 is 0. The molecular weight excluding hydrogens is 314 g/mol. The normalized spacial score (nSPS) is 13.8. The third-order valence-electron chi connectivity index (χ3n) is 4.35. The number of carbonyl (C=O) groups is 1. The van der Waals surface area contributed by atoms with E-state index in [4.69, 9.17) is 4.74 Å². The van der Waals surface area contributed by atoms with Crippen LogP contribution in [0.3, 0.4) is 0 Å². The van der Waals surface area contributed by atoms with Crippen molar-refractivity contribution >= 4 is 5.91 Å². The lowest BCUT2D eigenvalue weighted by atomic mass is 10.2. The molecule has 1 fully saturated rings. The highest BCUT2D eigenvalue weighted by Crippen LogP contribution is 2.39. The summed E-state index contributed by atoms with van der Waals surface area (Å²) in [6, 6.07) is 11.8. The third kappa shape index (κ3) is 4.92. The van der Waals surface area contributed by atoms with Gasteiger partial charge < -0.3 is 10.1 Å². The standard InChI is InChI=1S/C20H27N3O2/c1-2-3-13-25-14-7-12-21-20(24)19-15-18(16-10-11-16)22-23(19)17-8-5-4-6-9-17/h4-6,8-9,15-16H,2-3,7,10-14H2,1H3,(H,21,24). The maximum atomic E-state index is 12.6. The molecule has 0 spiro atoms. The van der Waals surface area contributed by atoms with E-state index in [2.05, 4.69) is 17.3 Å². The predicted molar refractivity (Wildman–Crippen MR) is 98.2 cm³/mol. The van der Waals surface area contributed by atoms with Crippen molar-refractivity contribution in [2.75, 3.05) is 19.8 Å². The van der Waals surface area contributed by atoms with Crippen molar-refractivity contribution in [2.45, 2.75) is 44.9 Å². The molecule has 0 unspecified atom stereocenters. The smallest absolute Gasteiger partial charge is 0.270 e. The van der Waals surface area contributed by atoms with Crippen LogP contribution in [0.1, 0.15) is 61.1 Å². The molecule has 0 saturated heterocycles. The summed E-state index contributed by atoms with van der Waals surface area (Å²) in [5.41, 5.74) is 2.55. The molecule has 1 aromatic heterocycles. The molecule has 1 aliphatic carbocycles. The summed E-state index contributed by atoms with van der Waals surface area (Å²) in [7, 11) is 0.